The molecule has 0 aromatic carbocycles. The first-order valence-corrected chi connectivity index (χ1v) is 6.07. The smallest absolute Gasteiger partial charge is 0.218 e. The third-order valence-electron chi connectivity index (χ3n) is 3.04. The summed E-state index contributed by atoms with van der Waals surface area (Å²) in [6, 6.07) is 1.88. The maximum Gasteiger partial charge on any atom is 0.218 e. The third kappa shape index (κ3) is 2.01. The van der Waals surface area contributed by atoms with Gasteiger partial charge in [-0.2, -0.15) is 5.10 Å². The molecular formula is C12H15N5O. The predicted molar refractivity (Wildman–Crippen MR) is 66.5 cm³/mol. The number of nitrogens with zero attached hydrogens (tertiary/aromatic N) is 4. The largest absolute Gasteiger partial charge is 0.478 e. The fraction of sp³-hybridized carbons (Fsp3) is 0.417. The van der Waals surface area contributed by atoms with Crippen molar-refractivity contribution < 1.29 is 4.74 Å². The SMILES string of the molecule is CCOc1cc(N2CCc3[nH]ncc3C2)ncn1. The Balaban J connectivity index is 1.81. The molecule has 18 heavy (non-hydrogen) atoms. The maximum atomic E-state index is 5.40. The number of anilines is 1. The summed E-state index contributed by atoms with van der Waals surface area (Å²) < 4.78 is 5.40. The van der Waals surface area contributed by atoms with E-state index in [1.54, 1.807) is 6.33 Å². The lowest BCUT2D eigenvalue weighted by Crippen LogP contribution is -2.30. The number of nitrogens with one attached hydrogen (secondary N) is 1. The molecule has 1 aliphatic rings. The van der Waals surface area contributed by atoms with Gasteiger partial charge in [0, 0.05) is 36.8 Å². The summed E-state index contributed by atoms with van der Waals surface area (Å²) >= 11 is 0. The number of hydrogen-bond acceptors (Lipinski definition) is 5. The normalized spacial score (nSPS) is 14.4. The second-order valence-corrected chi connectivity index (χ2v) is 4.19. The van der Waals surface area contributed by atoms with E-state index < -0.39 is 0 Å². The second kappa shape index (κ2) is 4.64. The highest BCUT2D eigenvalue weighted by molar-refractivity contribution is 5.43. The molecule has 1 aliphatic heterocycles. The van der Waals surface area contributed by atoms with Crippen molar-refractivity contribution in [2.75, 3.05) is 18.1 Å². The number of H-pyrrole nitrogens is 1. The lowest BCUT2D eigenvalue weighted by molar-refractivity contribution is 0.326. The molecule has 0 radical (unpaired) electrons. The van der Waals surface area contributed by atoms with Crippen molar-refractivity contribution in [1.29, 1.82) is 0 Å². The number of aromatic nitrogens is 4. The molecule has 0 aliphatic carbocycles. The van der Waals surface area contributed by atoms with Gasteiger partial charge in [0.1, 0.15) is 12.1 Å². The van der Waals surface area contributed by atoms with Crippen LogP contribution >= 0.6 is 0 Å². The Morgan fingerprint density at radius 3 is 3.28 bits per heavy atom. The van der Waals surface area contributed by atoms with Crippen LogP contribution in [0.4, 0.5) is 5.82 Å². The Morgan fingerprint density at radius 2 is 2.39 bits per heavy atom. The van der Waals surface area contributed by atoms with E-state index in [-0.39, 0.29) is 0 Å². The highest BCUT2D eigenvalue weighted by Crippen LogP contribution is 2.23. The van der Waals surface area contributed by atoms with Gasteiger partial charge >= 0.3 is 0 Å². The fourth-order valence-electron chi connectivity index (χ4n) is 2.15. The average molecular weight is 245 g/mol. The molecule has 0 unspecified atom stereocenters. The minimum atomic E-state index is 0.613. The van der Waals surface area contributed by atoms with E-state index in [2.05, 4.69) is 25.1 Å². The number of fused-ring (bicyclic) bond motifs is 1. The molecular weight excluding hydrogens is 230 g/mol. The van der Waals surface area contributed by atoms with Crippen LogP contribution in [0.15, 0.2) is 18.6 Å². The average Bonchev–Trinajstić information content (AvgIpc) is 2.86. The Labute approximate surface area is 105 Å². The topological polar surface area (TPSA) is 66.9 Å². The fourth-order valence-corrected chi connectivity index (χ4v) is 2.15. The number of hydrogen-bond donors (Lipinski definition) is 1. The van der Waals surface area contributed by atoms with Gasteiger partial charge in [0.15, 0.2) is 0 Å². The van der Waals surface area contributed by atoms with E-state index in [4.69, 9.17) is 4.74 Å². The van der Waals surface area contributed by atoms with Gasteiger partial charge in [-0.1, -0.05) is 0 Å². The van der Waals surface area contributed by atoms with Crippen molar-refractivity contribution >= 4 is 5.82 Å². The summed E-state index contributed by atoms with van der Waals surface area (Å²) in [4.78, 5) is 10.6. The van der Waals surface area contributed by atoms with Crippen LogP contribution < -0.4 is 9.64 Å². The third-order valence-corrected chi connectivity index (χ3v) is 3.04. The van der Waals surface area contributed by atoms with Crippen LogP contribution in [-0.4, -0.2) is 33.3 Å². The van der Waals surface area contributed by atoms with Crippen LogP contribution in [0, 0.1) is 0 Å². The van der Waals surface area contributed by atoms with Crippen molar-refractivity contribution in [3.05, 3.63) is 29.8 Å². The van der Waals surface area contributed by atoms with E-state index in [0.29, 0.717) is 12.5 Å². The summed E-state index contributed by atoms with van der Waals surface area (Å²) in [5, 5.41) is 7.10. The molecule has 0 atom stereocenters. The van der Waals surface area contributed by atoms with Gasteiger partial charge in [0.25, 0.3) is 0 Å². The Bertz CT molecular complexity index is 539. The van der Waals surface area contributed by atoms with Crippen LogP contribution in [0.25, 0.3) is 0 Å². The molecule has 6 nitrogen and oxygen atoms in total. The van der Waals surface area contributed by atoms with E-state index in [1.165, 1.54) is 11.3 Å². The first kappa shape index (κ1) is 11.0. The van der Waals surface area contributed by atoms with E-state index >= 15 is 0 Å². The Morgan fingerprint density at radius 1 is 1.44 bits per heavy atom. The molecule has 6 heteroatoms. The molecule has 0 saturated heterocycles. The second-order valence-electron chi connectivity index (χ2n) is 4.19. The monoisotopic (exact) mass is 245 g/mol. The van der Waals surface area contributed by atoms with Gasteiger partial charge in [0.05, 0.1) is 12.8 Å². The quantitative estimate of drug-likeness (QED) is 0.879. The molecule has 0 saturated carbocycles. The zero-order chi connectivity index (χ0) is 12.4. The first-order valence-electron chi connectivity index (χ1n) is 6.07. The zero-order valence-electron chi connectivity index (χ0n) is 10.3. The van der Waals surface area contributed by atoms with Crippen LogP contribution in [0.3, 0.4) is 0 Å². The molecule has 0 spiro atoms. The molecule has 3 heterocycles. The predicted octanol–water partition coefficient (Wildman–Crippen LogP) is 1.16. The van der Waals surface area contributed by atoms with Crippen LogP contribution in [-0.2, 0) is 13.0 Å². The van der Waals surface area contributed by atoms with Gasteiger partial charge < -0.3 is 9.64 Å². The lowest BCUT2D eigenvalue weighted by Gasteiger charge is -2.27. The standard InChI is InChI=1S/C12H15N5O/c1-2-18-12-5-11(13-8-14-12)17-4-3-10-9(7-17)6-15-16-10/h5-6,8H,2-4,7H2,1H3,(H,15,16). The van der Waals surface area contributed by atoms with Crippen LogP contribution in [0.1, 0.15) is 18.2 Å². The van der Waals surface area contributed by atoms with Crippen LogP contribution in [0.2, 0.25) is 0 Å². The highest BCUT2D eigenvalue weighted by atomic mass is 16.5. The highest BCUT2D eigenvalue weighted by Gasteiger charge is 2.19. The minimum Gasteiger partial charge on any atom is -0.478 e. The van der Waals surface area contributed by atoms with Crippen molar-refractivity contribution in [1.82, 2.24) is 20.2 Å². The molecule has 2 aromatic rings. The zero-order valence-corrected chi connectivity index (χ0v) is 10.3. The van der Waals surface area contributed by atoms with Crippen molar-refractivity contribution in [2.24, 2.45) is 0 Å². The number of rotatable bonds is 3. The van der Waals surface area contributed by atoms with Crippen LogP contribution in [0.5, 0.6) is 5.88 Å². The van der Waals surface area contributed by atoms with E-state index in [9.17, 15) is 0 Å². The summed E-state index contributed by atoms with van der Waals surface area (Å²) in [6.07, 6.45) is 4.39. The van der Waals surface area contributed by atoms with Gasteiger partial charge in [0.2, 0.25) is 5.88 Å². The molecule has 1 N–H and O–H groups in total. The molecule has 2 aromatic heterocycles. The van der Waals surface area contributed by atoms with E-state index in [1.807, 2.05) is 19.2 Å². The molecule has 3 rings (SSSR count). The Kier molecular flexibility index (Phi) is 2.84. The van der Waals surface area contributed by atoms with Crippen molar-refractivity contribution in [3.63, 3.8) is 0 Å². The minimum absolute atomic E-state index is 0.613. The van der Waals surface area contributed by atoms with E-state index in [0.717, 1.165) is 25.3 Å². The summed E-state index contributed by atoms with van der Waals surface area (Å²) in [5.74, 6) is 1.53. The van der Waals surface area contributed by atoms with Gasteiger partial charge in [-0.25, -0.2) is 9.97 Å². The van der Waals surface area contributed by atoms with Gasteiger partial charge in [-0.3, -0.25) is 5.10 Å². The Hall–Kier alpha value is -2.11. The molecule has 0 bridgehead atoms. The summed E-state index contributed by atoms with van der Waals surface area (Å²) in [6.45, 7) is 4.31. The summed E-state index contributed by atoms with van der Waals surface area (Å²) in [5.41, 5.74) is 2.46. The van der Waals surface area contributed by atoms with Crippen molar-refractivity contribution in [2.45, 2.75) is 19.9 Å². The van der Waals surface area contributed by atoms with Crippen molar-refractivity contribution in [3.8, 4) is 5.88 Å². The summed E-state index contributed by atoms with van der Waals surface area (Å²) in [7, 11) is 0. The number of ether oxygens (including phenoxy) is 1. The molecule has 0 fully saturated rings. The maximum absolute atomic E-state index is 5.40. The molecule has 0 amide bonds. The van der Waals surface area contributed by atoms with Gasteiger partial charge in [-0.15, -0.1) is 0 Å². The lowest BCUT2D eigenvalue weighted by atomic mass is 10.1. The first-order chi connectivity index (χ1) is 8.86. The molecule has 94 valence electrons. The van der Waals surface area contributed by atoms with Gasteiger partial charge in [-0.05, 0) is 6.92 Å². The number of aromatic amines is 1.